The summed E-state index contributed by atoms with van der Waals surface area (Å²) in [6.45, 7) is 1.51. The predicted molar refractivity (Wildman–Crippen MR) is 79.1 cm³/mol. The lowest BCUT2D eigenvalue weighted by Crippen LogP contribution is -2.25. The number of pyridine rings is 1. The molecule has 0 spiro atoms. The SMILES string of the molecule is CNCC1CCC(COc2cnc3ccccc3c2)O1. The van der Waals surface area contributed by atoms with Crippen molar-refractivity contribution >= 4 is 10.9 Å². The second-order valence-corrected chi connectivity index (χ2v) is 5.19. The van der Waals surface area contributed by atoms with Gasteiger partial charge < -0.3 is 14.8 Å². The zero-order chi connectivity index (χ0) is 13.8. The van der Waals surface area contributed by atoms with Crippen LogP contribution in [-0.2, 0) is 4.74 Å². The van der Waals surface area contributed by atoms with Crippen molar-refractivity contribution in [2.45, 2.75) is 25.0 Å². The van der Waals surface area contributed by atoms with E-state index in [1.54, 1.807) is 6.20 Å². The van der Waals surface area contributed by atoms with Crippen LogP contribution in [0.4, 0.5) is 0 Å². The van der Waals surface area contributed by atoms with Crippen LogP contribution in [0.3, 0.4) is 0 Å². The van der Waals surface area contributed by atoms with Crippen LogP contribution in [0.2, 0.25) is 0 Å². The van der Waals surface area contributed by atoms with Crippen molar-refractivity contribution in [1.29, 1.82) is 0 Å². The molecule has 20 heavy (non-hydrogen) atoms. The minimum absolute atomic E-state index is 0.194. The summed E-state index contributed by atoms with van der Waals surface area (Å²) in [4.78, 5) is 4.39. The number of hydrogen-bond acceptors (Lipinski definition) is 4. The molecule has 1 aromatic heterocycles. The van der Waals surface area contributed by atoms with Crippen LogP contribution >= 0.6 is 0 Å². The molecule has 1 fully saturated rings. The fourth-order valence-corrected chi connectivity index (χ4v) is 2.60. The van der Waals surface area contributed by atoms with Crippen molar-refractivity contribution < 1.29 is 9.47 Å². The Hall–Kier alpha value is -1.65. The van der Waals surface area contributed by atoms with Crippen LogP contribution in [0.5, 0.6) is 5.75 Å². The van der Waals surface area contributed by atoms with Gasteiger partial charge >= 0.3 is 0 Å². The summed E-state index contributed by atoms with van der Waals surface area (Å²) in [5, 5.41) is 4.25. The molecule has 1 saturated heterocycles. The highest BCUT2D eigenvalue weighted by Gasteiger charge is 2.25. The van der Waals surface area contributed by atoms with Gasteiger partial charge in [-0.3, -0.25) is 4.98 Å². The molecule has 2 unspecified atom stereocenters. The first-order chi connectivity index (χ1) is 9.85. The first-order valence-electron chi connectivity index (χ1n) is 7.13. The molecule has 1 aromatic carbocycles. The first-order valence-corrected chi connectivity index (χ1v) is 7.13. The quantitative estimate of drug-likeness (QED) is 0.907. The second-order valence-electron chi connectivity index (χ2n) is 5.19. The number of para-hydroxylation sites is 1. The average Bonchev–Trinajstić information content (AvgIpc) is 2.93. The van der Waals surface area contributed by atoms with Gasteiger partial charge in [-0.15, -0.1) is 0 Å². The maximum atomic E-state index is 5.90. The third-order valence-electron chi connectivity index (χ3n) is 3.63. The lowest BCUT2D eigenvalue weighted by Gasteiger charge is -2.14. The summed E-state index contributed by atoms with van der Waals surface area (Å²) in [6, 6.07) is 10.1. The molecule has 0 saturated carbocycles. The van der Waals surface area contributed by atoms with E-state index in [1.807, 2.05) is 37.4 Å². The smallest absolute Gasteiger partial charge is 0.138 e. The molecule has 0 aliphatic carbocycles. The molecular weight excluding hydrogens is 252 g/mol. The van der Waals surface area contributed by atoms with Gasteiger partial charge in [0.1, 0.15) is 12.4 Å². The van der Waals surface area contributed by atoms with E-state index in [4.69, 9.17) is 9.47 Å². The highest BCUT2D eigenvalue weighted by Crippen LogP contribution is 2.22. The Morgan fingerprint density at radius 2 is 2.15 bits per heavy atom. The van der Waals surface area contributed by atoms with Crippen molar-refractivity contribution in [1.82, 2.24) is 10.3 Å². The van der Waals surface area contributed by atoms with E-state index in [9.17, 15) is 0 Å². The van der Waals surface area contributed by atoms with Gasteiger partial charge in [0, 0.05) is 11.9 Å². The average molecular weight is 272 g/mol. The standard InChI is InChI=1S/C16H20N2O2/c1-17-9-13-6-7-14(20-13)11-19-15-8-12-4-2-3-5-16(12)18-10-15/h2-5,8,10,13-14,17H,6-7,9,11H2,1H3. The van der Waals surface area contributed by atoms with Crippen LogP contribution in [0.25, 0.3) is 10.9 Å². The number of nitrogens with one attached hydrogen (secondary N) is 1. The Morgan fingerprint density at radius 3 is 3.05 bits per heavy atom. The Labute approximate surface area is 119 Å². The number of hydrogen-bond donors (Lipinski definition) is 1. The van der Waals surface area contributed by atoms with E-state index in [0.29, 0.717) is 12.7 Å². The minimum Gasteiger partial charge on any atom is -0.489 e. The highest BCUT2D eigenvalue weighted by molar-refractivity contribution is 5.79. The molecule has 1 N–H and O–H groups in total. The van der Waals surface area contributed by atoms with Gasteiger partial charge in [-0.1, -0.05) is 18.2 Å². The number of ether oxygens (including phenoxy) is 2. The van der Waals surface area contributed by atoms with Gasteiger partial charge in [0.15, 0.2) is 0 Å². The number of aromatic nitrogens is 1. The molecule has 2 heterocycles. The maximum absolute atomic E-state index is 5.90. The maximum Gasteiger partial charge on any atom is 0.138 e. The van der Waals surface area contributed by atoms with Crippen LogP contribution in [0.1, 0.15) is 12.8 Å². The molecule has 1 aliphatic heterocycles. The summed E-state index contributed by atoms with van der Waals surface area (Å²) in [7, 11) is 1.95. The molecule has 0 amide bonds. The van der Waals surface area contributed by atoms with E-state index in [-0.39, 0.29) is 6.10 Å². The fourth-order valence-electron chi connectivity index (χ4n) is 2.60. The summed E-state index contributed by atoms with van der Waals surface area (Å²) in [5.74, 6) is 0.810. The molecule has 4 heteroatoms. The van der Waals surface area contributed by atoms with Gasteiger partial charge in [-0.05, 0) is 32.0 Å². The molecule has 0 radical (unpaired) electrons. The van der Waals surface area contributed by atoms with Gasteiger partial charge in [0.05, 0.1) is 23.9 Å². The Morgan fingerprint density at radius 1 is 1.30 bits per heavy atom. The zero-order valence-corrected chi connectivity index (χ0v) is 11.7. The largest absolute Gasteiger partial charge is 0.489 e. The van der Waals surface area contributed by atoms with Gasteiger partial charge in [-0.2, -0.15) is 0 Å². The van der Waals surface area contributed by atoms with Crippen LogP contribution in [-0.4, -0.2) is 37.4 Å². The van der Waals surface area contributed by atoms with Crippen molar-refractivity contribution in [3.05, 3.63) is 36.5 Å². The Balaban J connectivity index is 1.57. The van der Waals surface area contributed by atoms with Crippen molar-refractivity contribution in [2.75, 3.05) is 20.2 Å². The van der Waals surface area contributed by atoms with Gasteiger partial charge in [0.25, 0.3) is 0 Å². The molecule has 3 rings (SSSR count). The van der Waals surface area contributed by atoms with Crippen molar-refractivity contribution in [3.63, 3.8) is 0 Å². The molecule has 1 aliphatic rings. The van der Waals surface area contributed by atoms with E-state index in [1.165, 1.54) is 0 Å². The van der Waals surface area contributed by atoms with E-state index in [0.717, 1.165) is 36.0 Å². The normalized spacial score (nSPS) is 22.2. The third kappa shape index (κ3) is 3.08. The van der Waals surface area contributed by atoms with Crippen LogP contribution in [0, 0.1) is 0 Å². The fraction of sp³-hybridized carbons (Fsp3) is 0.438. The first kappa shape index (κ1) is 13.3. The van der Waals surface area contributed by atoms with Gasteiger partial charge in [-0.25, -0.2) is 0 Å². The summed E-state index contributed by atoms with van der Waals surface area (Å²) >= 11 is 0. The Bertz CT molecular complexity index is 573. The monoisotopic (exact) mass is 272 g/mol. The van der Waals surface area contributed by atoms with Crippen LogP contribution < -0.4 is 10.1 Å². The summed E-state index contributed by atoms with van der Waals surface area (Å²) < 4.78 is 11.7. The number of benzene rings is 1. The lowest BCUT2D eigenvalue weighted by atomic mass is 10.2. The molecule has 106 valence electrons. The number of fused-ring (bicyclic) bond motifs is 1. The van der Waals surface area contributed by atoms with Crippen molar-refractivity contribution in [3.8, 4) is 5.75 Å². The molecule has 2 aromatic rings. The topological polar surface area (TPSA) is 43.4 Å². The predicted octanol–water partition coefficient (Wildman–Crippen LogP) is 2.38. The minimum atomic E-state index is 0.194. The van der Waals surface area contributed by atoms with Crippen molar-refractivity contribution in [2.24, 2.45) is 0 Å². The van der Waals surface area contributed by atoms with E-state index < -0.39 is 0 Å². The van der Waals surface area contributed by atoms with E-state index in [2.05, 4.69) is 10.3 Å². The molecule has 0 bridgehead atoms. The molecule has 2 atom stereocenters. The third-order valence-corrected chi connectivity index (χ3v) is 3.63. The summed E-state index contributed by atoms with van der Waals surface area (Å²) in [6.07, 6.45) is 4.46. The van der Waals surface area contributed by atoms with Crippen LogP contribution in [0.15, 0.2) is 36.5 Å². The zero-order valence-electron chi connectivity index (χ0n) is 11.7. The number of nitrogens with zero attached hydrogens (tertiary/aromatic N) is 1. The second kappa shape index (κ2) is 6.20. The Kier molecular flexibility index (Phi) is 4.14. The number of rotatable bonds is 5. The lowest BCUT2D eigenvalue weighted by molar-refractivity contribution is 0.0193. The highest BCUT2D eigenvalue weighted by atomic mass is 16.5. The number of likely N-dealkylation sites (N-methyl/N-ethyl adjacent to an activating group) is 1. The summed E-state index contributed by atoms with van der Waals surface area (Å²) in [5.41, 5.74) is 0.992. The molecule has 4 nitrogen and oxygen atoms in total. The molecular formula is C16H20N2O2. The van der Waals surface area contributed by atoms with Gasteiger partial charge in [0.2, 0.25) is 0 Å². The van der Waals surface area contributed by atoms with E-state index >= 15 is 0 Å².